The van der Waals surface area contributed by atoms with Crippen LogP contribution in [0.15, 0.2) is 0 Å². The number of methoxy groups -OCH3 is 2. The van der Waals surface area contributed by atoms with Crippen molar-refractivity contribution in [3.8, 4) is 0 Å². The molecule has 0 spiro atoms. The molecule has 0 aromatic heterocycles. The normalized spacial score (nSPS) is 40.8. The molecule has 5 rings (SSSR count). The van der Waals surface area contributed by atoms with Crippen LogP contribution in [-0.2, 0) is 33.3 Å². The second-order valence-electron chi connectivity index (χ2n) is 13.4. The van der Waals surface area contributed by atoms with Gasteiger partial charge in [0.2, 0.25) is 0 Å². The number of carbonyl (C=O) groups excluding carboxylic acids is 2. The van der Waals surface area contributed by atoms with E-state index in [4.69, 9.17) is 23.7 Å². The van der Waals surface area contributed by atoms with Gasteiger partial charge in [0.15, 0.2) is 0 Å². The molecule has 246 valence electrons. The van der Waals surface area contributed by atoms with Crippen LogP contribution >= 0.6 is 0 Å². The monoisotopic (exact) mass is 608 g/mol. The van der Waals surface area contributed by atoms with E-state index in [1.165, 1.54) is 0 Å². The van der Waals surface area contributed by atoms with Gasteiger partial charge in [0.25, 0.3) is 0 Å². The van der Waals surface area contributed by atoms with Gasteiger partial charge in [-0.2, -0.15) is 0 Å². The maximum Gasteiger partial charge on any atom is 0.309 e. The van der Waals surface area contributed by atoms with Crippen molar-refractivity contribution in [2.75, 3.05) is 80.3 Å². The third-order valence-electron chi connectivity index (χ3n) is 10.7. The summed E-state index contributed by atoms with van der Waals surface area (Å²) in [4.78, 5) is 31.5. The molecule has 4 bridgehead atoms. The van der Waals surface area contributed by atoms with Crippen LogP contribution in [0.5, 0.6) is 0 Å². The molecule has 1 N–H and O–H groups in total. The lowest BCUT2D eigenvalue weighted by atomic mass is 9.79. The molecule has 0 amide bonds. The Kier molecular flexibility index (Phi) is 12.5. The zero-order valence-electron chi connectivity index (χ0n) is 26.8. The van der Waals surface area contributed by atoms with Crippen LogP contribution in [0.1, 0.15) is 64.2 Å². The minimum absolute atomic E-state index is 0.0267. The largest absolute Gasteiger partial charge is 0.465 e. The van der Waals surface area contributed by atoms with Crippen LogP contribution in [0.2, 0.25) is 0 Å². The third-order valence-corrected chi connectivity index (χ3v) is 10.7. The van der Waals surface area contributed by atoms with E-state index in [1.807, 2.05) is 0 Å². The fourth-order valence-electron chi connectivity index (χ4n) is 8.01. The summed E-state index contributed by atoms with van der Waals surface area (Å²) in [6.07, 6.45) is 7.45. The van der Waals surface area contributed by atoms with Gasteiger partial charge in [-0.3, -0.25) is 15.0 Å². The summed E-state index contributed by atoms with van der Waals surface area (Å²) in [5.41, 5.74) is 3.44. The first-order valence-electron chi connectivity index (χ1n) is 16.9. The number of hydrazine groups is 1. The number of nitrogens with zero attached hydrogens (tertiary/aromatic N) is 3. The molecular weight excluding hydrogens is 552 g/mol. The van der Waals surface area contributed by atoms with Gasteiger partial charge >= 0.3 is 11.9 Å². The van der Waals surface area contributed by atoms with E-state index in [0.29, 0.717) is 38.0 Å². The Hall–Kier alpha value is -1.34. The molecule has 11 heteroatoms. The summed E-state index contributed by atoms with van der Waals surface area (Å²) in [6, 6.07) is 0.412. The van der Waals surface area contributed by atoms with Crippen LogP contribution in [0.3, 0.4) is 0 Å². The fraction of sp³-hybridized carbons (Fsp3) is 0.938. The zero-order valence-corrected chi connectivity index (χ0v) is 26.8. The van der Waals surface area contributed by atoms with Gasteiger partial charge in [0.05, 0.1) is 30.7 Å². The van der Waals surface area contributed by atoms with Crippen LogP contribution in [0.25, 0.3) is 0 Å². The Morgan fingerprint density at radius 3 is 2.44 bits per heavy atom. The van der Waals surface area contributed by atoms with Crippen molar-refractivity contribution in [3.05, 3.63) is 0 Å². The Labute approximate surface area is 258 Å². The Balaban J connectivity index is 1.23. The fourth-order valence-corrected chi connectivity index (χ4v) is 8.01. The number of esters is 2. The third kappa shape index (κ3) is 8.89. The Bertz CT molecular complexity index is 896. The molecule has 5 aliphatic rings. The van der Waals surface area contributed by atoms with E-state index in [9.17, 15) is 9.59 Å². The lowest BCUT2D eigenvalue weighted by molar-refractivity contribution is -0.172. The molecule has 5 fully saturated rings. The van der Waals surface area contributed by atoms with Gasteiger partial charge < -0.3 is 33.5 Å². The van der Waals surface area contributed by atoms with Crippen molar-refractivity contribution < 1.29 is 33.3 Å². The summed E-state index contributed by atoms with van der Waals surface area (Å²) in [5, 5.41) is 2.19. The molecular formula is C32H56N4O7. The predicted molar refractivity (Wildman–Crippen MR) is 161 cm³/mol. The standard InChI is InChI=1S/C32H56N4O7/c1-34-27-19-23(8-9-24(27)22-33-34)32(38)43-26-7-4-17-41-29-21-25(20-28(39-2)30(29)40-3)31(37)42-18-6-13-35-11-5-12-36(14-10-26)16-15-35/h23-30,33H,4-22H2,1-3H3. The van der Waals surface area contributed by atoms with E-state index in [2.05, 4.69) is 27.3 Å². The molecule has 3 heterocycles. The summed E-state index contributed by atoms with van der Waals surface area (Å²) in [7, 11) is 5.43. The van der Waals surface area contributed by atoms with Crippen LogP contribution in [-0.4, -0.2) is 137 Å². The summed E-state index contributed by atoms with van der Waals surface area (Å²) in [6.45, 7) is 7.96. The number of carbonyl (C=O) groups is 2. The highest BCUT2D eigenvalue weighted by Gasteiger charge is 2.43. The maximum absolute atomic E-state index is 13.5. The van der Waals surface area contributed by atoms with Gasteiger partial charge in [0.1, 0.15) is 12.2 Å². The molecule has 43 heavy (non-hydrogen) atoms. The van der Waals surface area contributed by atoms with Gasteiger partial charge in [-0.1, -0.05) is 0 Å². The first-order valence-corrected chi connectivity index (χ1v) is 16.9. The van der Waals surface area contributed by atoms with Crippen molar-refractivity contribution in [2.24, 2.45) is 17.8 Å². The lowest BCUT2D eigenvalue weighted by Gasteiger charge is -2.39. The Morgan fingerprint density at radius 2 is 1.65 bits per heavy atom. The zero-order chi connectivity index (χ0) is 30.2. The minimum Gasteiger partial charge on any atom is -0.465 e. The molecule has 0 aromatic carbocycles. The lowest BCUT2D eigenvalue weighted by Crippen LogP contribution is -2.49. The maximum atomic E-state index is 13.5. The molecule has 3 saturated heterocycles. The van der Waals surface area contributed by atoms with E-state index in [1.54, 1.807) is 14.2 Å². The first kappa shape index (κ1) is 33.0. The number of ether oxygens (including phenoxy) is 5. The number of cyclic esters (lactones) is 1. The van der Waals surface area contributed by atoms with Crippen molar-refractivity contribution in [1.29, 1.82) is 0 Å². The number of hydrogen-bond donors (Lipinski definition) is 1. The summed E-state index contributed by atoms with van der Waals surface area (Å²) < 4.78 is 30.0. The molecule has 2 saturated carbocycles. The topological polar surface area (TPSA) is 102 Å². The van der Waals surface area contributed by atoms with Crippen molar-refractivity contribution in [1.82, 2.24) is 20.2 Å². The van der Waals surface area contributed by atoms with Crippen molar-refractivity contribution in [3.63, 3.8) is 0 Å². The molecule has 0 aromatic rings. The molecule has 3 aliphatic heterocycles. The van der Waals surface area contributed by atoms with E-state index in [-0.39, 0.29) is 48.2 Å². The summed E-state index contributed by atoms with van der Waals surface area (Å²) in [5.74, 6) is 0.139. The van der Waals surface area contributed by atoms with E-state index >= 15 is 0 Å². The van der Waals surface area contributed by atoms with E-state index < -0.39 is 0 Å². The SMILES string of the molecule is COC1CC2CC(OCCCC(OC(=O)C3CCC4CNN(C)C4C3)CCN3CCCN(CCCOC2=O)CC3)C1OC. The van der Waals surface area contributed by atoms with Crippen molar-refractivity contribution in [2.45, 2.75) is 94.7 Å². The highest BCUT2D eigenvalue weighted by molar-refractivity contribution is 5.73. The van der Waals surface area contributed by atoms with Crippen molar-refractivity contribution >= 4 is 11.9 Å². The highest BCUT2D eigenvalue weighted by Crippen LogP contribution is 2.35. The molecule has 11 nitrogen and oxygen atoms in total. The quantitative estimate of drug-likeness (QED) is 0.475. The molecule has 10 atom stereocenters. The number of nitrogens with one attached hydrogen (secondary N) is 1. The first-order chi connectivity index (χ1) is 20.9. The average molecular weight is 609 g/mol. The van der Waals surface area contributed by atoms with Gasteiger partial charge in [-0.15, -0.1) is 0 Å². The smallest absolute Gasteiger partial charge is 0.309 e. The molecule has 0 radical (unpaired) electrons. The second-order valence-corrected chi connectivity index (χ2v) is 13.4. The second kappa shape index (κ2) is 16.3. The molecule has 2 aliphatic carbocycles. The van der Waals surface area contributed by atoms with Crippen LogP contribution in [0.4, 0.5) is 0 Å². The average Bonchev–Trinajstić information content (AvgIpc) is 3.24. The Morgan fingerprint density at radius 1 is 0.860 bits per heavy atom. The summed E-state index contributed by atoms with van der Waals surface area (Å²) >= 11 is 0. The van der Waals surface area contributed by atoms with Gasteiger partial charge in [0, 0.05) is 66.6 Å². The van der Waals surface area contributed by atoms with E-state index in [0.717, 1.165) is 97.2 Å². The van der Waals surface area contributed by atoms with Crippen LogP contribution < -0.4 is 5.43 Å². The predicted octanol–water partition coefficient (Wildman–Crippen LogP) is 2.08. The van der Waals surface area contributed by atoms with Gasteiger partial charge in [-0.25, -0.2) is 5.01 Å². The number of rotatable bonds is 4. The number of hydrogen-bond acceptors (Lipinski definition) is 11. The van der Waals surface area contributed by atoms with Crippen LogP contribution in [0, 0.1) is 17.8 Å². The minimum atomic E-state index is -0.270. The molecule has 10 unspecified atom stereocenters. The highest BCUT2D eigenvalue weighted by atomic mass is 16.6. The number of fused-ring (bicyclic) bond motifs is 6. The van der Waals surface area contributed by atoms with Gasteiger partial charge in [-0.05, 0) is 83.2 Å².